The summed E-state index contributed by atoms with van der Waals surface area (Å²) in [5, 5.41) is 9.78. The SMILES string of the molecule is Cn1cnnc1CNC(=O)c1cc(F)cc(N)c1F. The number of nitrogen functional groups attached to an aromatic ring is 1. The highest BCUT2D eigenvalue weighted by Gasteiger charge is 2.16. The summed E-state index contributed by atoms with van der Waals surface area (Å²) >= 11 is 0. The van der Waals surface area contributed by atoms with Crippen LogP contribution in [0.3, 0.4) is 0 Å². The number of hydrogen-bond donors (Lipinski definition) is 2. The summed E-state index contributed by atoms with van der Waals surface area (Å²) in [6.07, 6.45) is 1.46. The molecule has 19 heavy (non-hydrogen) atoms. The van der Waals surface area contributed by atoms with Crippen molar-refractivity contribution in [2.45, 2.75) is 6.54 Å². The van der Waals surface area contributed by atoms with E-state index in [2.05, 4.69) is 15.5 Å². The monoisotopic (exact) mass is 267 g/mol. The number of carbonyl (C=O) groups excluding carboxylic acids is 1. The minimum atomic E-state index is -0.947. The zero-order valence-electron chi connectivity index (χ0n) is 10.0. The molecule has 0 atom stereocenters. The van der Waals surface area contributed by atoms with E-state index in [9.17, 15) is 13.6 Å². The number of nitrogens with zero attached hydrogens (tertiary/aromatic N) is 3. The summed E-state index contributed by atoms with van der Waals surface area (Å²) < 4.78 is 28.3. The molecule has 0 unspecified atom stereocenters. The number of halogens is 2. The lowest BCUT2D eigenvalue weighted by atomic mass is 10.1. The molecule has 1 heterocycles. The first-order valence-electron chi connectivity index (χ1n) is 5.34. The van der Waals surface area contributed by atoms with Crippen molar-refractivity contribution in [3.05, 3.63) is 41.5 Å². The molecule has 0 spiro atoms. The molecule has 100 valence electrons. The second-order valence-electron chi connectivity index (χ2n) is 3.90. The van der Waals surface area contributed by atoms with Gasteiger partial charge in [0, 0.05) is 7.05 Å². The third-order valence-electron chi connectivity index (χ3n) is 2.52. The lowest BCUT2D eigenvalue weighted by Crippen LogP contribution is -2.25. The highest BCUT2D eigenvalue weighted by atomic mass is 19.1. The fraction of sp³-hybridized carbons (Fsp3) is 0.182. The van der Waals surface area contributed by atoms with Gasteiger partial charge in [0.05, 0.1) is 17.8 Å². The normalized spacial score (nSPS) is 10.5. The van der Waals surface area contributed by atoms with Crippen molar-refractivity contribution < 1.29 is 13.6 Å². The van der Waals surface area contributed by atoms with Gasteiger partial charge in [-0.3, -0.25) is 4.79 Å². The number of nitrogens with one attached hydrogen (secondary N) is 1. The smallest absolute Gasteiger partial charge is 0.254 e. The van der Waals surface area contributed by atoms with Crippen molar-refractivity contribution in [2.75, 3.05) is 5.73 Å². The number of amides is 1. The lowest BCUT2D eigenvalue weighted by Gasteiger charge is -2.07. The number of benzene rings is 1. The first kappa shape index (κ1) is 12.9. The number of aromatic nitrogens is 3. The van der Waals surface area contributed by atoms with E-state index in [1.54, 1.807) is 11.6 Å². The van der Waals surface area contributed by atoms with Gasteiger partial charge in [-0.2, -0.15) is 0 Å². The van der Waals surface area contributed by atoms with Crippen LogP contribution in [0.15, 0.2) is 18.5 Å². The fourth-order valence-corrected chi connectivity index (χ4v) is 1.50. The summed E-state index contributed by atoms with van der Waals surface area (Å²) in [5.74, 6) is -2.01. The first-order chi connectivity index (χ1) is 8.99. The third-order valence-corrected chi connectivity index (χ3v) is 2.52. The van der Waals surface area contributed by atoms with Crippen molar-refractivity contribution in [3.8, 4) is 0 Å². The molecule has 0 fully saturated rings. The molecule has 0 bridgehead atoms. The Hall–Kier alpha value is -2.51. The zero-order chi connectivity index (χ0) is 14.0. The van der Waals surface area contributed by atoms with E-state index in [0.29, 0.717) is 5.82 Å². The number of rotatable bonds is 3. The van der Waals surface area contributed by atoms with Crippen molar-refractivity contribution in [1.29, 1.82) is 0 Å². The van der Waals surface area contributed by atoms with Gasteiger partial charge in [0.15, 0.2) is 11.6 Å². The summed E-state index contributed by atoms with van der Waals surface area (Å²) in [7, 11) is 1.70. The van der Waals surface area contributed by atoms with E-state index in [1.165, 1.54) is 6.33 Å². The van der Waals surface area contributed by atoms with E-state index in [4.69, 9.17) is 5.73 Å². The van der Waals surface area contributed by atoms with Gasteiger partial charge in [-0.05, 0) is 12.1 Å². The summed E-state index contributed by atoms with van der Waals surface area (Å²) in [6, 6.07) is 1.60. The van der Waals surface area contributed by atoms with E-state index in [0.717, 1.165) is 12.1 Å². The molecular formula is C11H11F2N5O. The molecule has 3 N–H and O–H groups in total. The topological polar surface area (TPSA) is 85.8 Å². The standard InChI is InChI=1S/C11H11F2N5O/c1-18-5-16-17-9(18)4-15-11(19)7-2-6(12)3-8(14)10(7)13/h2-3,5H,4,14H2,1H3,(H,15,19). The molecule has 2 rings (SSSR count). The Balaban J connectivity index is 2.15. The maximum absolute atomic E-state index is 13.6. The Bertz CT molecular complexity index is 626. The largest absolute Gasteiger partial charge is 0.396 e. The van der Waals surface area contributed by atoms with Gasteiger partial charge < -0.3 is 15.6 Å². The van der Waals surface area contributed by atoms with Crippen molar-refractivity contribution in [3.63, 3.8) is 0 Å². The Labute approximate surface area is 107 Å². The summed E-state index contributed by atoms with van der Waals surface area (Å²) in [5.41, 5.74) is 4.39. The van der Waals surface area contributed by atoms with Crippen LogP contribution in [0.1, 0.15) is 16.2 Å². The van der Waals surface area contributed by atoms with Gasteiger partial charge in [-0.25, -0.2) is 8.78 Å². The van der Waals surface area contributed by atoms with Crippen LogP contribution >= 0.6 is 0 Å². The van der Waals surface area contributed by atoms with Crippen LogP contribution < -0.4 is 11.1 Å². The van der Waals surface area contributed by atoms with Crippen LogP contribution in [0.25, 0.3) is 0 Å². The molecule has 2 aromatic rings. The summed E-state index contributed by atoms with van der Waals surface area (Å²) in [4.78, 5) is 11.7. The molecule has 8 heteroatoms. The van der Waals surface area contributed by atoms with E-state index >= 15 is 0 Å². The molecule has 0 radical (unpaired) electrons. The predicted molar refractivity (Wildman–Crippen MR) is 62.9 cm³/mol. The van der Waals surface area contributed by atoms with Crippen LogP contribution in [0.2, 0.25) is 0 Å². The number of carbonyl (C=O) groups is 1. The Morgan fingerprint density at radius 3 is 2.84 bits per heavy atom. The third kappa shape index (κ3) is 2.67. The number of aryl methyl sites for hydroxylation is 1. The van der Waals surface area contributed by atoms with Gasteiger partial charge in [0.25, 0.3) is 5.91 Å². The number of anilines is 1. The highest BCUT2D eigenvalue weighted by molar-refractivity contribution is 5.95. The second kappa shape index (κ2) is 5.01. The fourth-order valence-electron chi connectivity index (χ4n) is 1.50. The molecule has 0 saturated carbocycles. The van der Waals surface area contributed by atoms with E-state index in [-0.39, 0.29) is 6.54 Å². The Morgan fingerprint density at radius 2 is 2.21 bits per heavy atom. The van der Waals surface area contributed by atoms with Crippen LogP contribution in [0.5, 0.6) is 0 Å². The Morgan fingerprint density at radius 1 is 1.47 bits per heavy atom. The molecule has 1 aromatic carbocycles. The average Bonchev–Trinajstić information content (AvgIpc) is 2.76. The Kier molecular flexibility index (Phi) is 3.41. The van der Waals surface area contributed by atoms with Crippen LogP contribution in [-0.2, 0) is 13.6 Å². The van der Waals surface area contributed by atoms with E-state index in [1.807, 2.05) is 0 Å². The van der Waals surface area contributed by atoms with Gasteiger partial charge in [-0.15, -0.1) is 10.2 Å². The minimum absolute atomic E-state index is 0.0468. The van der Waals surface area contributed by atoms with Gasteiger partial charge in [0.1, 0.15) is 12.1 Å². The molecule has 1 amide bonds. The molecule has 0 aliphatic rings. The second-order valence-corrected chi connectivity index (χ2v) is 3.90. The molecule has 6 nitrogen and oxygen atoms in total. The quantitative estimate of drug-likeness (QED) is 0.798. The van der Waals surface area contributed by atoms with Crippen LogP contribution in [-0.4, -0.2) is 20.7 Å². The van der Waals surface area contributed by atoms with Gasteiger partial charge >= 0.3 is 0 Å². The van der Waals surface area contributed by atoms with Gasteiger partial charge in [-0.1, -0.05) is 0 Å². The van der Waals surface area contributed by atoms with Crippen molar-refractivity contribution >= 4 is 11.6 Å². The van der Waals surface area contributed by atoms with Crippen molar-refractivity contribution in [1.82, 2.24) is 20.1 Å². The van der Waals surface area contributed by atoms with E-state index < -0.39 is 28.8 Å². The van der Waals surface area contributed by atoms with Gasteiger partial charge in [0.2, 0.25) is 0 Å². The zero-order valence-corrected chi connectivity index (χ0v) is 10.0. The molecule has 1 aromatic heterocycles. The minimum Gasteiger partial charge on any atom is -0.396 e. The summed E-state index contributed by atoms with van der Waals surface area (Å²) in [6.45, 7) is 0.0468. The lowest BCUT2D eigenvalue weighted by molar-refractivity contribution is 0.0945. The highest BCUT2D eigenvalue weighted by Crippen LogP contribution is 2.17. The number of nitrogens with two attached hydrogens (primary N) is 1. The maximum atomic E-state index is 13.6. The van der Waals surface area contributed by atoms with Crippen molar-refractivity contribution in [2.24, 2.45) is 7.05 Å². The average molecular weight is 267 g/mol. The van der Waals surface area contributed by atoms with Crippen LogP contribution in [0, 0.1) is 11.6 Å². The van der Waals surface area contributed by atoms with Crippen LogP contribution in [0.4, 0.5) is 14.5 Å². The molecule has 0 aliphatic heterocycles. The predicted octanol–water partition coefficient (Wildman–Crippen LogP) is 0.605. The maximum Gasteiger partial charge on any atom is 0.254 e. The molecule has 0 aliphatic carbocycles. The molecular weight excluding hydrogens is 256 g/mol. The first-order valence-corrected chi connectivity index (χ1v) is 5.34. The molecule has 0 saturated heterocycles. The number of hydrogen-bond acceptors (Lipinski definition) is 4.